The minimum atomic E-state index is -0.410. The maximum atomic E-state index is 11.6. The van der Waals surface area contributed by atoms with Gasteiger partial charge in [-0.05, 0) is 29.7 Å². The third-order valence-electron chi connectivity index (χ3n) is 2.90. The fourth-order valence-corrected chi connectivity index (χ4v) is 2.11. The number of carbonyl (C=O) groups is 1. The van der Waals surface area contributed by atoms with Crippen LogP contribution in [0.5, 0.6) is 0 Å². The second kappa shape index (κ2) is 5.72. The maximum Gasteiger partial charge on any atom is 0.307 e. The quantitative estimate of drug-likeness (QED) is 0.443. The number of nitrogens with one attached hydrogen (secondary N) is 2. The Balaban J connectivity index is 1.81. The monoisotopic (exact) mass is 297 g/mol. The Bertz CT molecular complexity index is 866. The molecule has 2 aromatic heterocycles. The van der Waals surface area contributed by atoms with E-state index in [0.29, 0.717) is 4.64 Å². The summed E-state index contributed by atoms with van der Waals surface area (Å²) in [6.07, 6.45) is 2.93. The van der Waals surface area contributed by atoms with Gasteiger partial charge < -0.3 is 9.40 Å². The molecule has 2 N–H and O–H groups in total. The summed E-state index contributed by atoms with van der Waals surface area (Å²) in [5.74, 6) is -0.206. The number of benzene rings is 1. The molecule has 6 heteroatoms. The van der Waals surface area contributed by atoms with Crippen LogP contribution in [0.25, 0.3) is 10.9 Å². The number of furan rings is 1. The molecule has 0 aliphatic carbocycles. The van der Waals surface area contributed by atoms with Gasteiger partial charge in [-0.2, -0.15) is 5.10 Å². The number of carbonyl (C=O) groups excluding carboxylic acids is 1. The van der Waals surface area contributed by atoms with Crippen molar-refractivity contribution in [2.45, 2.75) is 0 Å². The number of aromatic nitrogens is 1. The first-order valence-electron chi connectivity index (χ1n) is 6.23. The molecule has 0 aliphatic heterocycles. The van der Waals surface area contributed by atoms with Crippen molar-refractivity contribution in [1.82, 2.24) is 10.4 Å². The predicted octanol–water partition coefficient (Wildman–Crippen LogP) is 3.25. The Kier molecular flexibility index (Phi) is 3.61. The zero-order valence-electron chi connectivity index (χ0n) is 10.9. The van der Waals surface area contributed by atoms with Crippen LogP contribution in [0, 0.1) is 4.64 Å². The first-order valence-corrected chi connectivity index (χ1v) is 6.64. The van der Waals surface area contributed by atoms with Crippen molar-refractivity contribution in [1.29, 1.82) is 0 Å². The number of aromatic amines is 1. The van der Waals surface area contributed by atoms with Crippen LogP contribution in [0.2, 0.25) is 0 Å². The van der Waals surface area contributed by atoms with E-state index in [1.165, 1.54) is 12.5 Å². The summed E-state index contributed by atoms with van der Waals surface area (Å²) in [5, 5.41) is 4.91. The fourth-order valence-electron chi connectivity index (χ4n) is 1.88. The molecule has 0 saturated heterocycles. The summed E-state index contributed by atoms with van der Waals surface area (Å²) >= 11 is 5.26. The number of fused-ring (bicyclic) bond motifs is 1. The Morgan fingerprint density at radius 2 is 2.14 bits per heavy atom. The van der Waals surface area contributed by atoms with E-state index in [1.807, 2.05) is 30.3 Å². The molecule has 104 valence electrons. The number of nitrogens with zero attached hydrogens (tertiary/aromatic N) is 1. The summed E-state index contributed by atoms with van der Waals surface area (Å²) in [4.78, 5) is 14.8. The van der Waals surface area contributed by atoms with E-state index in [1.54, 1.807) is 12.1 Å². The Morgan fingerprint density at radius 1 is 1.29 bits per heavy atom. The Morgan fingerprint density at radius 3 is 2.95 bits per heavy atom. The van der Waals surface area contributed by atoms with Crippen molar-refractivity contribution in [3.8, 4) is 0 Å². The van der Waals surface area contributed by atoms with E-state index >= 15 is 0 Å². The van der Waals surface area contributed by atoms with Gasteiger partial charge in [-0.3, -0.25) is 4.79 Å². The average Bonchev–Trinajstić information content (AvgIpc) is 3.02. The second-order valence-electron chi connectivity index (χ2n) is 4.32. The lowest BCUT2D eigenvalue weighted by molar-refractivity contribution is 0.0927. The summed E-state index contributed by atoms with van der Waals surface area (Å²) < 4.78 is 5.53. The van der Waals surface area contributed by atoms with Crippen molar-refractivity contribution in [2.24, 2.45) is 5.10 Å². The maximum absolute atomic E-state index is 11.6. The number of hydrogen-bond acceptors (Lipinski definition) is 4. The molecule has 0 saturated carbocycles. The van der Waals surface area contributed by atoms with Crippen LogP contribution in [-0.4, -0.2) is 17.1 Å². The van der Waals surface area contributed by atoms with Crippen LogP contribution >= 0.6 is 12.2 Å². The molecule has 0 spiro atoms. The molecular weight excluding hydrogens is 286 g/mol. The van der Waals surface area contributed by atoms with Gasteiger partial charge in [0, 0.05) is 11.1 Å². The number of rotatable bonds is 3. The number of H-pyrrole nitrogens is 1. The number of pyridine rings is 1. The zero-order chi connectivity index (χ0) is 14.7. The smallest absolute Gasteiger partial charge is 0.307 e. The van der Waals surface area contributed by atoms with Crippen molar-refractivity contribution >= 4 is 35.2 Å². The van der Waals surface area contributed by atoms with Gasteiger partial charge in [0.1, 0.15) is 4.64 Å². The van der Waals surface area contributed by atoms with Crippen LogP contribution < -0.4 is 5.43 Å². The fraction of sp³-hybridized carbons (Fsp3) is 0. The van der Waals surface area contributed by atoms with E-state index in [4.69, 9.17) is 16.6 Å². The van der Waals surface area contributed by atoms with E-state index in [-0.39, 0.29) is 5.76 Å². The van der Waals surface area contributed by atoms with Gasteiger partial charge in [0.25, 0.3) is 0 Å². The normalized spacial score (nSPS) is 11.0. The van der Waals surface area contributed by atoms with E-state index < -0.39 is 5.91 Å². The Labute approximate surface area is 125 Å². The third kappa shape index (κ3) is 2.90. The van der Waals surface area contributed by atoms with Crippen LogP contribution in [-0.2, 0) is 0 Å². The largest absolute Gasteiger partial charge is 0.459 e. The minimum Gasteiger partial charge on any atom is -0.459 e. The highest BCUT2D eigenvalue weighted by Gasteiger charge is 2.06. The summed E-state index contributed by atoms with van der Waals surface area (Å²) in [5.41, 5.74) is 4.07. The second-order valence-corrected chi connectivity index (χ2v) is 4.73. The Hall–Kier alpha value is -2.73. The van der Waals surface area contributed by atoms with Gasteiger partial charge in [0.2, 0.25) is 0 Å². The lowest BCUT2D eigenvalue weighted by Gasteiger charge is -2.00. The lowest BCUT2D eigenvalue weighted by atomic mass is 10.2. The van der Waals surface area contributed by atoms with Gasteiger partial charge in [0.15, 0.2) is 5.76 Å². The summed E-state index contributed by atoms with van der Waals surface area (Å²) in [6, 6.07) is 12.9. The molecule has 3 rings (SSSR count). The first kappa shape index (κ1) is 13.3. The van der Waals surface area contributed by atoms with Crippen molar-refractivity contribution in [3.63, 3.8) is 0 Å². The van der Waals surface area contributed by atoms with Gasteiger partial charge in [-0.1, -0.05) is 30.4 Å². The van der Waals surface area contributed by atoms with Gasteiger partial charge in [-0.25, -0.2) is 5.43 Å². The first-order chi connectivity index (χ1) is 10.2. The highest BCUT2D eigenvalue weighted by molar-refractivity contribution is 7.71. The molecular formula is C15H11N3O2S. The van der Waals surface area contributed by atoms with E-state index in [9.17, 15) is 4.79 Å². The summed E-state index contributed by atoms with van der Waals surface area (Å²) in [7, 11) is 0. The molecule has 0 aliphatic rings. The number of para-hydroxylation sites is 1. The third-order valence-corrected chi connectivity index (χ3v) is 3.23. The molecule has 5 nitrogen and oxygen atoms in total. The molecule has 1 amide bonds. The topological polar surface area (TPSA) is 70.4 Å². The van der Waals surface area contributed by atoms with Crippen LogP contribution in [0.15, 0.2) is 58.2 Å². The lowest BCUT2D eigenvalue weighted by Crippen LogP contribution is -2.16. The van der Waals surface area contributed by atoms with Crippen LogP contribution in [0.3, 0.4) is 0 Å². The molecule has 1 aromatic carbocycles. The van der Waals surface area contributed by atoms with Gasteiger partial charge in [0.05, 0.1) is 12.5 Å². The van der Waals surface area contributed by atoms with Gasteiger partial charge in [-0.15, -0.1) is 0 Å². The SMILES string of the molecule is O=C(N/N=C/c1cc2ccccc2[nH]c1=S)c1ccco1. The zero-order valence-corrected chi connectivity index (χ0v) is 11.7. The van der Waals surface area contributed by atoms with Crippen LogP contribution in [0.1, 0.15) is 16.1 Å². The predicted molar refractivity (Wildman–Crippen MR) is 82.9 cm³/mol. The summed E-state index contributed by atoms with van der Waals surface area (Å²) in [6.45, 7) is 0. The standard InChI is InChI=1S/C15H11N3O2S/c19-14(13-6-3-7-20-13)18-16-9-11-8-10-4-1-2-5-12(10)17-15(11)21/h1-9H,(H,17,21)(H,18,19)/b16-9+. The molecule has 0 fully saturated rings. The van der Waals surface area contributed by atoms with Gasteiger partial charge >= 0.3 is 5.91 Å². The van der Waals surface area contributed by atoms with Crippen molar-refractivity contribution in [2.75, 3.05) is 0 Å². The van der Waals surface area contributed by atoms with E-state index in [0.717, 1.165) is 16.5 Å². The molecule has 0 bridgehead atoms. The average molecular weight is 297 g/mol. The molecule has 2 heterocycles. The molecule has 3 aromatic rings. The number of amides is 1. The minimum absolute atomic E-state index is 0.204. The molecule has 0 unspecified atom stereocenters. The molecule has 0 radical (unpaired) electrons. The highest BCUT2D eigenvalue weighted by atomic mass is 32.1. The van der Waals surface area contributed by atoms with Crippen molar-refractivity contribution in [3.05, 3.63) is 64.7 Å². The number of hydrogen-bond donors (Lipinski definition) is 2. The number of hydrazone groups is 1. The molecule has 0 atom stereocenters. The van der Waals surface area contributed by atoms with E-state index in [2.05, 4.69) is 15.5 Å². The molecule has 21 heavy (non-hydrogen) atoms. The van der Waals surface area contributed by atoms with Crippen LogP contribution in [0.4, 0.5) is 0 Å². The van der Waals surface area contributed by atoms with Crippen molar-refractivity contribution < 1.29 is 9.21 Å². The highest BCUT2D eigenvalue weighted by Crippen LogP contribution is 2.13.